The standard InChI is InChI=1S/C14H15N3O2S/c18-7-12-16-11-6-15-10-3-5-20-14(10)13(11)17(12)9-2-1-4-19-8-9/h3,5-6,9,18H,1-2,4,7-8H2. The zero-order chi connectivity index (χ0) is 13.5. The minimum atomic E-state index is -0.0575. The van der Waals surface area contributed by atoms with Crippen molar-refractivity contribution in [3.05, 3.63) is 23.5 Å². The first kappa shape index (κ1) is 12.3. The van der Waals surface area contributed by atoms with Crippen LogP contribution in [0.2, 0.25) is 0 Å². The number of aromatic nitrogens is 3. The number of hydrogen-bond donors (Lipinski definition) is 1. The molecule has 0 radical (unpaired) electrons. The number of aliphatic hydroxyl groups is 1. The number of fused-ring (bicyclic) bond motifs is 3. The van der Waals surface area contributed by atoms with Gasteiger partial charge in [-0.05, 0) is 24.3 Å². The number of nitrogens with zero attached hydrogens (tertiary/aromatic N) is 3. The third-order valence-electron chi connectivity index (χ3n) is 3.84. The summed E-state index contributed by atoms with van der Waals surface area (Å²) in [6, 6.07) is 2.27. The minimum Gasteiger partial charge on any atom is -0.388 e. The van der Waals surface area contributed by atoms with E-state index in [0.717, 1.165) is 40.7 Å². The number of pyridine rings is 1. The molecular weight excluding hydrogens is 274 g/mol. The molecule has 20 heavy (non-hydrogen) atoms. The van der Waals surface area contributed by atoms with Crippen molar-refractivity contribution in [2.45, 2.75) is 25.5 Å². The lowest BCUT2D eigenvalue weighted by Gasteiger charge is -2.25. The van der Waals surface area contributed by atoms with Crippen molar-refractivity contribution in [3.63, 3.8) is 0 Å². The van der Waals surface area contributed by atoms with Gasteiger partial charge in [0.05, 0.1) is 34.6 Å². The van der Waals surface area contributed by atoms with E-state index in [2.05, 4.69) is 14.5 Å². The molecule has 0 amide bonds. The van der Waals surface area contributed by atoms with Gasteiger partial charge in [0.1, 0.15) is 17.9 Å². The van der Waals surface area contributed by atoms with E-state index in [4.69, 9.17) is 4.74 Å². The van der Waals surface area contributed by atoms with Crippen molar-refractivity contribution >= 4 is 32.6 Å². The van der Waals surface area contributed by atoms with Crippen LogP contribution in [-0.2, 0) is 11.3 Å². The lowest BCUT2D eigenvalue weighted by molar-refractivity contribution is 0.0582. The van der Waals surface area contributed by atoms with Gasteiger partial charge in [-0.15, -0.1) is 11.3 Å². The molecule has 3 aromatic heterocycles. The van der Waals surface area contributed by atoms with Gasteiger partial charge in [0, 0.05) is 6.61 Å². The lowest BCUT2D eigenvalue weighted by Crippen LogP contribution is -2.22. The average molecular weight is 289 g/mol. The zero-order valence-electron chi connectivity index (χ0n) is 11.0. The van der Waals surface area contributed by atoms with Gasteiger partial charge in [0.25, 0.3) is 0 Å². The van der Waals surface area contributed by atoms with Crippen LogP contribution in [0.15, 0.2) is 17.6 Å². The largest absolute Gasteiger partial charge is 0.388 e. The fourth-order valence-electron chi connectivity index (χ4n) is 2.96. The van der Waals surface area contributed by atoms with Crippen LogP contribution in [0.1, 0.15) is 24.7 Å². The Hall–Kier alpha value is -1.50. The molecule has 0 aliphatic carbocycles. The first-order valence-corrected chi connectivity index (χ1v) is 7.68. The molecule has 1 unspecified atom stereocenters. The number of hydrogen-bond acceptors (Lipinski definition) is 5. The zero-order valence-corrected chi connectivity index (χ0v) is 11.8. The molecule has 4 rings (SSSR count). The van der Waals surface area contributed by atoms with E-state index in [9.17, 15) is 5.11 Å². The molecule has 0 spiro atoms. The second-order valence-corrected chi connectivity index (χ2v) is 5.97. The summed E-state index contributed by atoms with van der Waals surface area (Å²) in [5, 5.41) is 11.7. The van der Waals surface area contributed by atoms with E-state index in [-0.39, 0.29) is 12.6 Å². The molecule has 1 atom stereocenters. The van der Waals surface area contributed by atoms with Crippen LogP contribution >= 0.6 is 11.3 Å². The first-order chi connectivity index (χ1) is 9.88. The summed E-state index contributed by atoms with van der Waals surface area (Å²) in [7, 11) is 0. The molecular formula is C14H15N3O2S. The summed E-state index contributed by atoms with van der Waals surface area (Å²) >= 11 is 1.67. The average Bonchev–Trinajstić information content (AvgIpc) is 3.11. The van der Waals surface area contributed by atoms with Gasteiger partial charge >= 0.3 is 0 Å². The number of aliphatic hydroxyl groups excluding tert-OH is 1. The Labute approximate surface area is 119 Å². The number of ether oxygens (including phenoxy) is 1. The first-order valence-electron chi connectivity index (χ1n) is 6.80. The minimum absolute atomic E-state index is 0.0575. The normalized spacial score (nSPS) is 19.9. The van der Waals surface area contributed by atoms with Gasteiger partial charge in [-0.3, -0.25) is 4.98 Å². The SMILES string of the molecule is OCc1nc2cnc3ccsc3c2n1C1CCCOC1. The topological polar surface area (TPSA) is 60.2 Å². The monoisotopic (exact) mass is 289 g/mol. The molecule has 4 heterocycles. The summed E-state index contributed by atoms with van der Waals surface area (Å²) in [4.78, 5) is 8.96. The summed E-state index contributed by atoms with van der Waals surface area (Å²) in [5.41, 5.74) is 2.93. The summed E-state index contributed by atoms with van der Waals surface area (Å²) < 4.78 is 8.91. The predicted molar refractivity (Wildman–Crippen MR) is 77.9 cm³/mol. The second kappa shape index (κ2) is 4.80. The molecule has 0 aromatic carbocycles. The highest BCUT2D eigenvalue weighted by atomic mass is 32.1. The summed E-state index contributed by atoms with van der Waals surface area (Å²) in [6.07, 6.45) is 3.91. The van der Waals surface area contributed by atoms with Crippen LogP contribution in [-0.4, -0.2) is 32.9 Å². The van der Waals surface area contributed by atoms with E-state index in [1.165, 1.54) is 0 Å². The van der Waals surface area contributed by atoms with Gasteiger partial charge in [-0.2, -0.15) is 0 Å². The van der Waals surface area contributed by atoms with E-state index in [1.807, 2.05) is 11.4 Å². The van der Waals surface area contributed by atoms with Crippen molar-refractivity contribution in [2.75, 3.05) is 13.2 Å². The van der Waals surface area contributed by atoms with Crippen molar-refractivity contribution < 1.29 is 9.84 Å². The van der Waals surface area contributed by atoms with E-state index in [0.29, 0.717) is 12.4 Å². The predicted octanol–water partition coefficient (Wildman–Crippen LogP) is 2.49. The van der Waals surface area contributed by atoms with E-state index in [1.54, 1.807) is 17.5 Å². The highest BCUT2D eigenvalue weighted by Gasteiger charge is 2.23. The number of thiophene rings is 1. The lowest BCUT2D eigenvalue weighted by atomic mass is 10.1. The summed E-state index contributed by atoms with van der Waals surface area (Å²) in [6.45, 7) is 1.46. The number of rotatable bonds is 2. The maximum atomic E-state index is 9.63. The van der Waals surface area contributed by atoms with Crippen LogP contribution < -0.4 is 0 Å². The van der Waals surface area contributed by atoms with Crippen molar-refractivity contribution in [3.8, 4) is 0 Å². The maximum absolute atomic E-state index is 9.63. The van der Waals surface area contributed by atoms with Crippen LogP contribution in [0.25, 0.3) is 21.3 Å². The fraction of sp³-hybridized carbons (Fsp3) is 0.429. The highest BCUT2D eigenvalue weighted by Crippen LogP contribution is 2.33. The Bertz CT molecular complexity index is 758. The Morgan fingerprint density at radius 1 is 1.45 bits per heavy atom. The Balaban J connectivity index is 2.01. The van der Waals surface area contributed by atoms with Gasteiger partial charge in [-0.1, -0.05) is 0 Å². The third kappa shape index (κ3) is 1.76. The molecule has 3 aromatic rings. The van der Waals surface area contributed by atoms with Crippen molar-refractivity contribution in [1.82, 2.24) is 14.5 Å². The molecule has 1 N–H and O–H groups in total. The van der Waals surface area contributed by atoms with Crippen LogP contribution in [0.4, 0.5) is 0 Å². The molecule has 104 valence electrons. The van der Waals surface area contributed by atoms with Crippen LogP contribution in [0.3, 0.4) is 0 Å². The fourth-order valence-corrected chi connectivity index (χ4v) is 3.85. The molecule has 5 nitrogen and oxygen atoms in total. The number of imidazole rings is 1. The molecule has 0 saturated carbocycles. The summed E-state index contributed by atoms with van der Waals surface area (Å²) in [5.74, 6) is 0.707. The molecule has 1 aliphatic heterocycles. The molecule has 1 fully saturated rings. The van der Waals surface area contributed by atoms with E-state index < -0.39 is 0 Å². The van der Waals surface area contributed by atoms with Gasteiger partial charge in [0.2, 0.25) is 0 Å². The molecule has 6 heteroatoms. The molecule has 1 saturated heterocycles. The third-order valence-corrected chi connectivity index (χ3v) is 4.75. The Kier molecular flexibility index (Phi) is 2.94. The van der Waals surface area contributed by atoms with Crippen LogP contribution in [0, 0.1) is 0 Å². The second-order valence-electron chi connectivity index (χ2n) is 5.05. The van der Waals surface area contributed by atoms with Gasteiger partial charge < -0.3 is 14.4 Å². The Morgan fingerprint density at radius 3 is 3.20 bits per heavy atom. The Morgan fingerprint density at radius 2 is 2.40 bits per heavy atom. The molecule has 0 bridgehead atoms. The quantitative estimate of drug-likeness (QED) is 0.787. The maximum Gasteiger partial charge on any atom is 0.136 e. The highest BCUT2D eigenvalue weighted by molar-refractivity contribution is 7.18. The van der Waals surface area contributed by atoms with Crippen molar-refractivity contribution in [1.29, 1.82) is 0 Å². The van der Waals surface area contributed by atoms with Crippen molar-refractivity contribution in [2.24, 2.45) is 0 Å². The van der Waals surface area contributed by atoms with E-state index >= 15 is 0 Å². The smallest absolute Gasteiger partial charge is 0.136 e. The van der Waals surface area contributed by atoms with Gasteiger partial charge in [-0.25, -0.2) is 4.98 Å². The van der Waals surface area contributed by atoms with Crippen LogP contribution in [0.5, 0.6) is 0 Å². The van der Waals surface area contributed by atoms with Gasteiger partial charge in [0.15, 0.2) is 0 Å². The molecule has 1 aliphatic rings.